The summed E-state index contributed by atoms with van der Waals surface area (Å²) in [5.41, 5.74) is 0. The first-order valence-corrected chi connectivity index (χ1v) is 4.42. The van der Waals surface area contributed by atoms with Crippen LogP contribution in [0.15, 0.2) is 12.7 Å². The Morgan fingerprint density at radius 1 is 1.44 bits per heavy atom. The molecule has 2 nitrogen and oxygen atoms in total. The van der Waals surface area contributed by atoms with E-state index in [-0.39, 0.29) is 0 Å². The molecule has 9 heavy (non-hydrogen) atoms. The third-order valence-corrected chi connectivity index (χ3v) is 2.62. The van der Waals surface area contributed by atoms with Crippen molar-refractivity contribution < 1.29 is 8.85 Å². The predicted octanol–water partition coefficient (Wildman–Crippen LogP) is 1.34. The smallest absolute Gasteiger partial charge is 0.384 e. The van der Waals surface area contributed by atoms with Gasteiger partial charge in [-0.1, -0.05) is 6.08 Å². The lowest BCUT2D eigenvalue weighted by molar-refractivity contribution is 0.278. The van der Waals surface area contributed by atoms with Crippen LogP contribution in [0, 0.1) is 0 Å². The van der Waals surface area contributed by atoms with E-state index in [0.29, 0.717) is 0 Å². The van der Waals surface area contributed by atoms with Crippen LogP contribution in [0.1, 0.15) is 6.42 Å². The van der Waals surface area contributed by atoms with Gasteiger partial charge < -0.3 is 8.85 Å². The molecule has 0 heterocycles. The van der Waals surface area contributed by atoms with Crippen molar-refractivity contribution in [3.05, 3.63) is 12.7 Å². The van der Waals surface area contributed by atoms with E-state index in [1.54, 1.807) is 14.2 Å². The third-order valence-electron chi connectivity index (χ3n) is 1.01. The Labute approximate surface area is 58.3 Å². The van der Waals surface area contributed by atoms with Gasteiger partial charge in [-0.25, -0.2) is 0 Å². The maximum atomic E-state index is 5.03. The molecule has 0 atom stereocenters. The van der Waals surface area contributed by atoms with E-state index < -0.39 is 9.28 Å². The first-order valence-electron chi connectivity index (χ1n) is 2.89. The molecule has 53 valence electrons. The summed E-state index contributed by atoms with van der Waals surface area (Å²) in [4.78, 5) is 0. The molecule has 0 amide bonds. The molecule has 0 rings (SSSR count). The molecule has 0 fully saturated rings. The lowest BCUT2D eigenvalue weighted by Gasteiger charge is -2.05. The van der Waals surface area contributed by atoms with Crippen molar-refractivity contribution in [1.29, 1.82) is 0 Å². The van der Waals surface area contributed by atoms with Crippen molar-refractivity contribution in [3.63, 3.8) is 0 Å². The maximum absolute atomic E-state index is 5.03. The molecule has 0 unspecified atom stereocenters. The van der Waals surface area contributed by atoms with E-state index >= 15 is 0 Å². The molecule has 1 radical (unpaired) electrons. The molecule has 3 heteroatoms. The molecule has 0 aromatic carbocycles. The van der Waals surface area contributed by atoms with Gasteiger partial charge in [0.15, 0.2) is 0 Å². The van der Waals surface area contributed by atoms with E-state index in [4.69, 9.17) is 8.85 Å². The van der Waals surface area contributed by atoms with E-state index in [1.807, 2.05) is 6.08 Å². The van der Waals surface area contributed by atoms with Crippen LogP contribution in [-0.2, 0) is 8.85 Å². The zero-order valence-corrected chi connectivity index (χ0v) is 7.02. The van der Waals surface area contributed by atoms with Crippen molar-refractivity contribution in [3.8, 4) is 0 Å². The second-order valence-corrected chi connectivity index (χ2v) is 3.67. The highest BCUT2D eigenvalue weighted by atomic mass is 28.3. The molecule has 0 aromatic rings. The van der Waals surface area contributed by atoms with Gasteiger partial charge in [0, 0.05) is 14.2 Å². The summed E-state index contributed by atoms with van der Waals surface area (Å²) < 4.78 is 10.1. The van der Waals surface area contributed by atoms with Gasteiger partial charge in [0.05, 0.1) is 0 Å². The van der Waals surface area contributed by atoms with Gasteiger partial charge in [0.25, 0.3) is 0 Å². The topological polar surface area (TPSA) is 18.5 Å². The van der Waals surface area contributed by atoms with Gasteiger partial charge in [0.2, 0.25) is 0 Å². The molecule has 0 aliphatic carbocycles. The van der Waals surface area contributed by atoms with Crippen molar-refractivity contribution in [2.45, 2.75) is 12.5 Å². The fourth-order valence-electron chi connectivity index (χ4n) is 0.507. The van der Waals surface area contributed by atoms with Crippen LogP contribution in [-0.4, -0.2) is 23.5 Å². The lowest BCUT2D eigenvalue weighted by Crippen LogP contribution is -2.17. The highest BCUT2D eigenvalue weighted by Gasteiger charge is 2.08. The Hall–Kier alpha value is -0.123. The molecule has 0 N–H and O–H groups in total. The summed E-state index contributed by atoms with van der Waals surface area (Å²) in [5, 5.41) is 0. The van der Waals surface area contributed by atoms with Crippen molar-refractivity contribution in [2.24, 2.45) is 0 Å². The van der Waals surface area contributed by atoms with Gasteiger partial charge in [-0.15, -0.1) is 6.58 Å². The standard InChI is InChI=1S/C6H13O2Si/c1-4-5-6-9(7-2)8-3/h4H,1,5-6H2,2-3H3. The van der Waals surface area contributed by atoms with Gasteiger partial charge in [-0.05, 0) is 12.5 Å². The molecular weight excluding hydrogens is 132 g/mol. The summed E-state index contributed by atoms with van der Waals surface area (Å²) in [5.74, 6) is 0. The Kier molecular flexibility index (Phi) is 5.92. The molecule has 0 aromatic heterocycles. The summed E-state index contributed by atoms with van der Waals surface area (Å²) in [6.07, 6.45) is 2.86. The minimum atomic E-state index is -0.957. The first kappa shape index (κ1) is 8.88. The Morgan fingerprint density at radius 2 is 2.00 bits per heavy atom. The van der Waals surface area contributed by atoms with E-state index in [0.717, 1.165) is 12.5 Å². The van der Waals surface area contributed by atoms with Crippen LogP contribution in [0.4, 0.5) is 0 Å². The minimum Gasteiger partial charge on any atom is -0.397 e. The second-order valence-electron chi connectivity index (χ2n) is 1.61. The average molecular weight is 145 g/mol. The summed E-state index contributed by atoms with van der Waals surface area (Å²) >= 11 is 0. The SMILES string of the molecule is C=CCC[Si](OC)OC. The van der Waals surface area contributed by atoms with Crippen molar-refractivity contribution >= 4 is 9.28 Å². The molecular formula is C6H13O2Si. The van der Waals surface area contributed by atoms with Gasteiger partial charge in [-0.3, -0.25) is 0 Å². The Bertz CT molecular complexity index is 71.5. The number of hydrogen-bond donors (Lipinski definition) is 0. The normalized spacial score (nSPS) is 10.1. The quantitative estimate of drug-likeness (QED) is 0.429. The fraction of sp³-hybridized carbons (Fsp3) is 0.667. The van der Waals surface area contributed by atoms with Crippen LogP contribution in [0.5, 0.6) is 0 Å². The molecule has 0 aliphatic heterocycles. The monoisotopic (exact) mass is 145 g/mol. The Balaban J connectivity index is 3.19. The van der Waals surface area contributed by atoms with Crippen LogP contribution in [0.3, 0.4) is 0 Å². The Morgan fingerprint density at radius 3 is 2.33 bits per heavy atom. The summed E-state index contributed by atoms with van der Waals surface area (Å²) in [6, 6.07) is 0.987. The third kappa shape index (κ3) is 4.38. The van der Waals surface area contributed by atoms with Crippen LogP contribution < -0.4 is 0 Å². The average Bonchev–Trinajstić information content (AvgIpc) is 1.91. The molecule has 0 bridgehead atoms. The van der Waals surface area contributed by atoms with Crippen LogP contribution >= 0.6 is 0 Å². The first-order chi connectivity index (χ1) is 4.35. The highest BCUT2D eigenvalue weighted by Crippen LogP contribution is 1.98. The van der Waals surface area contributed by atoms with Crippen molar-refractivity contribution in [1.82, 2.24) is 0 Å². The fourth-order valence-corrected chi connectivity index (χ4v) is 1.52. The zero-order chi connectivity index (χ0) is 7.11. The number of rotatable bonds is 5. The minimum absolute atomic E-state index is 0.957. The van der Waals surface area contributed by atoms with E-state index in [2.05, 4.69) is 6.58 Å². The van der Waals surface area contributed by atoms with Crippen molar-refractivity contribution in [2.75, 3.05) is 14.2 Å². The van der Waals surface area contributed by atoms with E-state index in [9.17, 15) is 0 Å². The van der Waals surface area contributed by atoms with Gasteiger partial charge in [-0.2, -0.15) is 0 Å². The summed E-state index contributed by atoms with van der Waals surface area (Å²) in [7, 11) is 2.41. The van der Waals surface area contributed by atoms with Crippen LogP contribution in [0.25, 0.3) is 0 Å². The highest BCUT2D eigenvalue weighted by molar-refractivity contribution is 6.44. The predicted molar refractivity (Wildman–Crippen MR) is 39.4 cm³/mol. The van der Waals surface area contributed by atoms with E-state index in [1.165, 1.54) is 0 Å². The maximum Gasteiger partial charge on any atom is 0.384 e. The van der Waals surface area contributed by atoms with Gasteiger partial charge >= 0.3 is 9.28 Å². The molecule has 0 spiro atoms. The largest absolute Gasteiger partial charge is 0.397 e. The van der Waals surface area contributed by atoms with Crippen LogP contribution in [0.2, 0.25) is 6.04 Å². The molecule has 0 saturated carbocycles. The molecule has 0 aliphatic rings. The second kappa shape index (κ2) is 6.00. The lowest BCUT2D eigenvalue weighted by atomic mass is 10.5. The summed E-state index contributed by atoms with van der Waals surface area (Å²) in [6.45, 7) is 3.61. The number of allylic oxidation sites excluding steroid dienone is 1. The zero-order valence-electron chi connectivity index (χ0n) is 6.02. The van der Waals surface area contributed by atoms with Gasteiger partial charge in [0.1, 0.15) is 0 Å². The molecule has 0 saturated heterocycles. The number of hydrogen-bond acceptors (Lipinski definition) is 2.